The number of hydrogen-bond donors (Lipinski definition) is 1. The Morgan fingerprint density at radius 1 is 1.32 bits per heavy atom. The van der Waals surface area contributed by atoms with Gasteiger partial charge in [-0.25, -0.2) is 0 Å². The van der Waals surface area contributed by atoms with Crippen molar-refractivity contribution in [2.75, 3.05) is 5.75 Å². The average Bonchev–Trinajstić information content (AvgIpc) is 2.96. The Labute approximate surface area is 197 Å². The van der Waals surface area contributed by atoms with E-state index < -0.39 is 6.10 Å². The number of carbonyl (C=O) groups excluding carboxylic acids is 1. The highest BCUT2D eigenvalue weighted by Crippen LogP contribution is 2.32. The lowest BCUT2D eigenvalue weighted by Crippen LogP contribution is -2.35. The van der Waals surface area contributed by atoms with Gasteiger partial charge in [0.25, 0.3) is 0 Å². The molecule has 0 spiro atoms. The van der Waals surface area contributed by atoms with Gasteiger partial charge in [-0.05, 0) is 31.9 Å². The molecule has 168 valence electrons. The van der Waals surface area contributed by atoms with Crippen LogP contribution in [0.5, 0.6) is 5.75 Å². The molecule has 2 aromatic rings. The van der Waals surface area contributed by atoms with Crippen molar-refractivity contribution >= 4 is 40.9 Å². The SMILES string of the molecule is C=CCn1c(SCC(=O)NC2CCCCCC2)nnc1C(C)Oc1cc(Cl)ccc1Cl. The number of hydrogen-bond acceptors (Lipinski definition) is 5. The summed E-state index contributed by atoms with van der Waals surface area (Å²) in [6.45, 7) is 6.20. The summed E-state index contributed by atoms with van der Waals surface area (Å²) in [7, 11) is 0. The highest BCUT2D eigenvalue weighted by Gasteiger charge is 2.21. The summed E-state index contributed by atoms with van der Waals surface area (Å²) in [5.41, 5.74) is 0. The quantitative estimate of drug-likeness (QED) is 0.276. The van der Waals surface area contributed by atoms with Gasteiger partial charge >= 0.3 is 0 Å². The fraction of sp³-hybridized carbons (Fsp3) is 0.500. The predicted molar refractivity (Wildman–Crippen MR) is 126 cm³/mol. The smallest absolute Gasteiger partial charge is 0.230 e. The number of thioether (sulfide) groups is 1. The fourth-order valence-electron chi connectivity index (χ4n) is 3.64. The first-order valence-electron chi connectivity index (χ1n) is 10.6. The van der Waals surface area contributed by atoms with Crippen molar-refractivity contribution in [2.24, 2.45) is 0 Å². The summed E-state index contributed by atoms with van der Waals surface area (Å²) in [4.78, 5) is 12.5. The third-order valence-corrected chi connectivity index (χ3v) is 6.68. The molecule has 6 nitrogen and oxygen atoms in total. The van der Waals surface area contributed by atoms with E-state index in [1.54, 1.807) is 24.3 Å². The summed E-state index contributed by atoms with van der Waals surface area (Å²) < 4.78 is 7.89. The molecular weight excluding hydrogens is 455 g/mol. The molecule has 1 N–H and O–H groups in total. The lowest BCUT2D eigenvalue weighted by molar-refractivity contribution is -0.119. The van der Waals surface area contributed by atoms with Gasteiger partial charge in [-0.1, -0.05) is 66.7 Å². The van der Waals surface area contributed by atoms with Crippen molar-refractivity contribution < 1.29 is 9.53 Å². The van der Waals surface area contributed by atoms with Gasteiger partial charge in [0.15, 0.2) is 17.1 Å². The number of nitrogens with zero attached hydrogens (tertiary/aromatic N) is 3. The number of rotatable bonds is 9. The van der Waals surface area contributed by atoms with Gasteiger partial charge in [0.1, 0.15) is 5.75 Å². The van der Waals surface area contributed by atoms with Crippen LogP contribution in [-0.2, 0) is 11.3 Å². The van der Waals surface area contributed by atoms with Crippen LogP contribution in [0, 0.1) is 0 Å². The molecule has 1 aliphatic rings. The van der Waals surface area contributed by atoms with Gasteiger partial charge in [-0.3, -0.25) is 9.36 Å². The molecule has 1 aliphatic carbocycles. The first-order valence-corrected chi connectivity index (χ1v) is 12.3. The van der Waals surface area contributed by atoms with E-state index in [9.17, 15) is 4.79 Å². The standard InChI is InChI=1S/C22H28Cl2N4O2S/c1-3-12-28-21(15(2)30-19-13-16(23)10-11-18(19)24)26-27-22(28)31-14-20(29)25-17-8-6-4-5-7-9-17/h3,10-11,13,15,17H,1,4-9,12,14H2,2H3,(H,25,29). The molecule has 1 heterocycles. The molecule has 1 aromatic carbocycles. The van der Waals surface area contributed by atoms with Crippen LogP contribution in [-0.4, -0.2) is 32.5 Å². The zero-order chi connectivity index (χ0) is 22.2. The number of ether oxygens (including phenoxy) is 1. The van der Waals surface area contributed by atoms with Crippen molar-refractivity contribution in [2.45, 2.75) is 69.3 Å². The third-order valence-electron chi connectivity index (χ3n) is 5.17. The van der Waals surface area contributed by atoms with Gasteiger partial charge in [0.05, 0.1) is 10.8 Å². The first kappa shape index (κ1) is 24.0. The molecule has 0 saturated heterocycles. The molecule has 31 heavy (non-hydrogen) atoms. The summed E-state index contributed by atoms with van der Waals surface area (Å²) >= 11 is 13.6. The molecule has 0 radical (unpaired) electrons. The normalized spacial score (nSPS) is 15.8. The van der Waals surface area contributed by atoms with E-state index in [0.717, 1.165) is 12.8 Å². The zero-order valence-corrected chi connectivity index (χ0v) is 20.0. The Kier molecular flexibility index (Phi) is 9.11. The Bertz CT molecular complexity index is 898. The first-order chi connectivity index (χ1) is 15.0. The second-order valence-electron chi connectivity index (χ2n) is 7.62. The van der Waals surface area contributed by atoms with Crippen molar-refractivity contribution in [3.05, 3.63) is 46.7 Å². The Morgan fingerprint density at radius 2 is 2.06 bits per heavy atom. The molecule has 1 aromatic heterocycles. The minimum absolute atomic E-state index is 0.0293. The molecule has 9 heteroatoms. The number of carbonyl (C=O) groups is 1. The number of nitrogens with one attached hydrogen (secondary N) is 1. The van der Waals surface area contributed by atoms with Gasteiger partial charge < -0.3 is 10.1 Å². The van der Waals surface area contributed by atoms with E-state index in [1.165, 1.54) is 37.4 Å². The van der Waals surface area contributed by atoms with E-state index in [4.69, 9.17) is 27.9 Å². The van der Waals surface area contributed by atoms with Crippen molar-refractivity contribution in [1.82, 2.24) is 20.1 Å². The van der Waals surface area contributed by atoms with Crippen LogP contribution in [0.2, 0.25) is 10.0 Å². The van der Waals surface area contributed by atoms with Gasteiger partial charge in [0.2, 0.25) is 5.91 Å². The van der Waals surface area contributed by atoms with E-state index in [2.05, 4.69) is 22.1 Å². The number of benzene rings is 1. The number of amides is 1. The second kappa shape index (κ2) is 11.8. The summed E-state index contributed by atoms with van der Waals surface area (Å²) in [6.07, 6.45) is 8.36. The van der Waals surface area contributed by atoms with Gasteiger partial charge in [0, 0.05) is 23.7 Å². The largest absolute Gasteiger partial charge is 0.481 e. The van der Waals surface area contributed by atoms with Crippen LogP contribution in [0.1, 0.15) is 57.4 Å². The van der Waals surface area contributed by atoms with Crippen LogP contribution in [0.15, 0.2) is 36.0 Å². The number of aromatic nitrogens is 3. The molecule has 0 bridgehead atoms. The van der Waals surface area contributed by atoms with Crippen LogP contribution in [0.25, 0.3) is 0 Å². The zero-order valence-electron chi connectivity index (χ0n) is 17.7. The maximum absolute atomic E-state index is 12.5. The van der Waals surface area contributed by atoms with Crippen LogP contribution >= 0.6 is 35.0 Å². The van der Waals surface area contributed by atoms with Gasteiger partial charge in [-0.2, -0.15) is 0 Å². The Hall–Kier alpha value is -1.70. The maximum atomic E-state index is 12.5. The fourth-order valence-corrected chi connectivity index (χ4v) is 4.73. The van der Waals surface area contributed by atoms with E-state index >= 15 is 0 Å². The highest BCUT2D eigenvalue weighted by molar-refractivity contribution is 7.99. The van der Waals surface area contributed by atoms with Gasteiger partial charge in [-0.15, -0.1) is 16.8 Å². The van der Waals surface area contributed by atoms with E-state index in [0.29, 0.717) is 39.1 Å². The molecule has 0 aliphatic heterocycles. The molecule has 3 rings (SSSR count). The number of allylic oxidation sites excluding steroid dienone is 1. The Morgan fingerprint density at radius 3 is 2.77 bits per heavy atom. The van der Waals surface area contributed by atoms with Crippen LogP contribution < -0.4 is 10.1 Å². The minimum Gasteiger partial charge on any atom is -0.481 e. The summed E-state index contributed by atoms with van der Waals surface area (Å²) in [6, 6.07) is 5.35. The average molecular weight is 483 g/mol. The van der Waals surface area contributed by atoms with E-state index in [-0.39, 0.29) is 11.9 Å². The molecule has 1 saturated carbocycles. The summed E-state index contributed by atoms with van der Waals surface area (Å²) in [5.74, 6) is 1.43. The number of halogens is 2. The highest BCUT2D eigenvalue weighted by atomic mass is 35.5. The molecule has 1 fully saturated rings. The summed E-state index contributed by atoms with van der Waals surface area (Å²) in [5, 5.41) is 13.4. The molecule has 1 amide bonds. The van der Waals surface area contributed by atoms with Crippen molar-refractivity contribution in [1.29, 1.82) is 0 Å². The third kappa shape index (κ3) is 6.89. The Balaban J connectivity index is 1.64. The van der Waals surface area contributed by atoms with Crippen molar-refractivity contribution in [3.8, 4) is 5.75 Å². The topological polar surface area (TPSA) is 69.0 Å². The van der Waals surface area contributed by atoms with Crippen LogP contribution in [0.3, 0.4) is 0 Å². The lowest BCUT2D eigenvalue weighted by atomic mass is 10.1. The predicted octanol–water partition coefficient (Wildman–Crippen LogP) is 5.84. The second-order valence-corrected chi connectivity index (χ2v) is 9.41. The molecule has 1 unspecified atom stereocenters. The van der Waals surface area contributed by atoms with Crippen molar-refractivity contribution in [3.63, 3.8) is 0 Å². The van der Waals surface area contributed by atoms with E-state index in [1.807, 2.05) is 11.5 Å². The minimum atomic E-state index is -0.419. The lowest BCUT2D eigenvalue weighted by Gasteiger charge is -2.17. The molecule has 1 atom stereocenters. The molecular formula is C22H28Cl2N4O2S. The maximum Gasteiger partial charge on any atom is 0.230 e. The monoisotopic (exact) mass is 482 g/mol. The van der Waals surface area contributed by atoms with Crippen LogP contribution in [0.4, 0.5) is 0 Å².